The Morgan fingerprint density at radius 1 is 1.04 bits per heavy atom. The lowest BCUT2D eigenvalue weighted by Gasteiger charge is -2.39. The first-order valence-electron chi connectivity index (χ1n) is 8.79. The maximum atomic E-state index is 5.20. The molecule has 2 fully saturated rings. The molecule has 4 nitrogen and oxygen atoms in total. The Morgan fingerprint density at radius 2 is 1.83 bits per heavy atom. The fraction of sp³-hybridized carbons (Fsp3) is 0.579. The third-order valence-electron chi connectivity index (χ3n) is 5.86. The summed E-state index contributed by atoms with van der Waals surface area (Å²) in [4.78, 5) is 5.23. The third kappa shape index (κ3) is 3.24. The van der Waals surface area contributed by atoms with Crippen molar-refractivity contribution in [3.63, 3.8) is 0 Å². The van der Waals surface area contributed by atoms with Crippen LogP contribution in [0.2, 0.25) is 0 Å². The van der Waals surface area contributed by atoms with Gasteiger partial charge in [0.15, 0.2) is 0 Å². The molecule has 0 aliphatic carbocycles. The first kappa shape index (κ1) is 15.0. The minimum atomic E-state index is 0.564. The third-order valence-corrected chi connectivity index (χ3v) is 5.86. The van der Waals surface area contributed by atoms with Crippen LogP contribution in [0.25, 0.3) is 0 Å². The highest BCUT2D eigenvalue weighted by molar-refractivity contribution is 5.08. The van der Waals surface area contributed by atoms with Crippen molar-refractivity contribution in [2.75, 3.05) is 26.2 Å². The molecule has 0 unspecified atom stereocenters. The van der Waals surface area contributed by atoms with Crippen molar-refractivity contribution in [3.8, 4) is 0 Å². The highest BCUT2D eigenvalue weighted by Gasteiger charge is 2.40. The number of piperidine rings is 1. The summed E-state index contributed by atoms with van der Waals surface area (Å²) in [6.07, 6.45) is 9.86. The molecule has 4 heteroatoms. The molecule has 0 saturated carbocycles. The van der Waals surface area contributed by atoms with Gasteiger partial charge in [-0.2, -0.15) is 0 Å². The number of aryl methyl sites for hydroxylation is 1. The summed E-state index contributed by atoms with van der Waals surface area (Å²) in [6.45, 7) is 7.12. The molecular weight excluding hydrogens is 286 g/mol. The maximum absolute atomic E-state index is 5.20. The number of furan rings is 1. The second-order valence-corrected chi connectivity index (χ2v) is 7.48. The van der Waals surface area contributed by atoms with Crippen molar-refractivity contribution in [3.05, 3.63) is 48.2 Å². The zero-order valence-electron chi connectivity index (χ0n) is 14.1. The number of likely N-dealkylation sites (tertiary alicyclic amines) is 2. The van der Waals surface area contributed by atoms with E-state index in [1.807, 2.05) is 6.26 Å². The van der Waals surface area contributed by atoms with Gasteiger partial charge in [0, 0.05) is 44.1 Å². The van der Waals surface area contributed by atoms with Gasteiger partial charge >= 0.3 is 0 Å². The first-order valence-corrected chi connectivity index (χ1v) is 8.79. The standard InChI is InChI=1S/C19H27N3O/c1-20-8-2-3-18(20)14-21-9-5-19(6-10-21)7-11-22(16-19)13-17-4-12-23-15-17/h2-4,8,12,15H,5-7,9-11,13-14,16H2,1H3. The van der Waals surface area contributed by atoms with Crippen LogP contribution in [0, 0.1) is 5.41 Å². The van der Waals surface area contributed by atoms with Crippen molar-refractivity contribution in [2.45, 2.75) is 32.4 Å². The molecule has 2 aliphatic rings. The van der Waals surface area contributed by atoms with Crippen LogP contribution in [0.3, 0.4) is 0 Å². The highest BCUT2D eigenvalue weighted by atomic mass is 16.3. The van der Waals surface area contributed by atoms with E-state index in [4.69, 9.17) is 4.42 Å². The Morgan fingerprint density at radius 3 is 2.48 bits per heavy atom. The normalized spacial score (nSPS) is 22.1. The molecule has 0 radical (unpaired) electrons. The van der Waals surface area contributed by atoms with Gasteiger partial charge in [-0.25, -0.2) is 0 Å². The van der Waals surface area contributed by atoms with Crippen molar-refractivity contribution in [1.82, 2.24) is 14.4 Å². The van der Waals surface area contributed by atoms with Crippen LogP contribution in [-0.2, 0) is 20.1 Å². The van der Waals surface area contributed by atoms with Gasteiger partial charge in [-0.3, -0.25) is 9.80 Å². The number of nitrogens with zero attached hydrogens (tertiary/aromatic N) is 3. The molecule has 0 N–H and O–H groups in total. The van der Waals surface area contributed by atoms with Crippen LogP contribution in [0.1, 0.15) is 30.5 Å². The molecule has 124 valence electrons. The van der Waals surface area contributed by atoms with Crippen molar-refractivity contribution >= 4 is 0 Å². The van der Waals surface area contributed by atoms with Gasteiger partial charge in [0.1, 0.15) is 0 Å². The average molecular weight is 313 g/mol. The molecule has 4 rings (SSSR count). The van der Waals surface area contributed by atoms with Gasteiger partial charge in [0.2, 0.25) is 0 Å². The van der Waals surface area contributed by atoms with Gasteiger partial charge in [-0.1, -0.05) is 0 Å². The van der Waals surface area contributed by atoms with Gasteiger partial charge < -0.3 is 8.98 Å². The topological polar surface area (TPSA) is 24.6 Å². The van der Waals surface area contributed by atoms with E-state index in [2.05, 4.69) is 45.8 Å². The molecule has 0 atom stereocenters. The smallest absolute Gasteiger partial charge is 0.0947 e. The summed E-state index contributed by atoms with van der Waals surface area (Å²) in [7, 11) is 2.14. The fourth-order valence-electron chi connectivity index (χ4n) is 4.29. The summed E-state index contributed by atoms with van der Waals surface area (Å²) in [5.41, 5.74) is 3.30. The molecular formula is C19H27N3O. The van der Waals surface area contributed by atoms with E-state index in [0.29, 0.717) is 5.41 Å². The minimum absolute atomic E-state index is 0.564. The number of hydrogen-bond donors (Lipinski definition) is 0. The van der Waals surface area contributed by atoms with Crippen LogP contribution < -0.4 is 0 Å². The molecule has 2 saturated heterocycles. The Hall–Kier alpha value is -1.52. The van der Waals surface area contributed by atoms with Crippen molar-refractivity contribution in [1.29, 1.82) is 0 Å². The zero-order valence-corrected chi connectivity index (χ0v) is 14.1. The SMILES string of the molecule is Cn1cccc1CN1CCC2(CC1)CCN(Cc1ccoc1)C2. The zero-order chi connectivity index (χ0) is 15.7. The number of rotatable bonds is 4. The second kappa shape index (κ2) is 6.17. The van der Waals surface area contributed by atoms with Gasteiger partial charge in [-0.15, -0.1) is 0 Å². The van der Waals surface area contributed by atoms with E-state index >= 15 is 0 Å². The molecule has 0 aromatic carbocycles. The van der Waals surface area contributed by atoms with Crippen LogP contribution in [-0.4, -0.2) is 40.5 Å². The predicted octanol–water partition coefficient (Wildman–Crippen LogP) is 3.11. The monoisotopic (exact) mass is 313 g/mol. The summed E-state index contributed by atoms with van der Waals surface area (Å²) in [5, 5.41) is 0. The van der Waals surface area contributed by atoms with Crippen molar-refractivity contribution in [2.24, 2.45) is 12.5 Å². The molecule has 2 aromatic heterocycles. The van der Waals surface area contributed by atoms with Gasteiger partial charge in [0.25, 0.3) is 0 Å². The Bertz CT molecular complexity index is 623. The molecule has 2 aliphatic heterocycles. The van der Waals surface area contributed by atoms with Gasteiger partial charge in [-0.05, 0) is 62.5 Å². The van der Waals surface area contributed by atoms with Crippen LogP contribution >= 0.6 is 0 Å². The first-order chi connectivity index (χ1) is 11.2. The maximum Gasteiger partial charge on any atom is 0.0947 e. The van der Waals surface area contributed by atoms with E-state index < -0.39 is 0 Å². The lowest BCUT2D eigenvalue weighted by atomic mass is 9.78. The van der Waals surface area contributed by atoms with E-state index in [0.717, 1.165) is 13.1 Å². The van der Waals surface area contributed by atoms with Crippen LogP contribution in [0.4, 0.5) is 0 Å². The fourth-order valence-corrected chi connectivity index (χ4v) is 4.29. The lowest BCUT2D eigenvalue weighted by Crippen LogP contribution is -2.41. The Labute approximate surface area is 138 Å². The Balaban J connectivity index is 1.30. The largest absolute Gasteiger partial charge is 0.472 e. The quantitative estimate of drug-likeness (QED) is 0.867. The highest BCUT2D eigenvalue weighted by Crippen LogP contribution is 2.41. The number of hydrogen-bond acceptors (Lipinski definition) is 3. The number of aromatic nitrogens is 1. The molecule has 0 bridgehead atoms. The van der Waals surface area contributed by atoms with Crippen LogP contribution in [0.5, 0.6) is 0 Å². The molecule has 2 aromatic rings. The molecule has 1 spiro atoms. The van der Waals surface area contributed by atoms with E-state index in [1.54, 1.807) is 6.26 Å². The summed E-state index contributed by atoms with van der Waals surface area (Å²) in [5.74, 6) is 0. The second-order valence-electron chi connectivity index (χ2n) is 7.48. The summed E-state index contributed by atoms with van der Waals surface area (Å²) < 4.78 is 7.44. The molecule has 0 amide bonds. The summed E-state index contributed by atoms with van der Waals surface area (Å²) in [6, 6.07) is 6.48. The van der Waals surface area contributed by atoms with Gasteiger partial charge in [0.05, 0.1) is 12.5 Å². The van der Waals surface area contributed by atoms with E-state index in [-0.39, 0.29) is 0 Å². The van der Waals surface area contributed by atoms with Crippen molar-refractivity contribution < 1.29 is 4.42 Å². The van der Waals surface area contributed by atoms with E-state index in [9.17, 15) is 0 Å². The van der Waals surface area contributed by atoms with E-state index in [1.165, 1.54) is 56.7 Å². The molecule has 4 heterocycles. The summed E-state index contributed by atoms with van der Waals surface area (Å²) >= 11 is 0. The molecule has 23 heavy (non-hydrogen) atoms. The minimum Gasteiger partial charge on any atom is -0.472 e. The average Bonchev–Trinajstić information content (AvgIpc) is 3.27. The van der Waals surface area contributed by atoms with Crippen LogP contribution in [0.15, 0.2) is 41.3 Å². The Kier molecular flexibility index (Phi) is 4.04. The lowest BCUT2D eigenvalue weighted by molar-refractivity contribution is 0.100. The predicted molar refractivity (Wildman–Crippen MR) is 91.0 cm³/mol.